The predicted molar refractivity (Wildman–Crippen MR) is 53.5 cm³/mol. The lowest BCUT2D eigenvalue weighted by Crippen LogP contribution is -2.24. The molecule has 72 valence electrons. The molecular formula is C6H10N4OS2. The molecule has 0 fully saturated rings. The summed E-state index contributed by atoms with van der Waals surface area (Å²) in [7, 11) is 0. The molecule has 0 spiro atoms. The van der Waals surface area contributed by atoms with E-state index in [2.05, 4.69) is 10.2 Å². The minimum atomic E-state index is -0.332. The molecule has 1 unspecified atom stereocenters. The highest BCUT2D eigenvalue weighted by atomic mass is 32.2. The van der Waals surface area contributed by atoms with Crippen LogP contribution in [0.3, 0.4) is 0 Å². The van der Waals surface area contributed by atoms with Gasteiger partial charge >= 0.3 is 0 Å². The van der Waals surface area contributed by atoms with Crippen LogP contribution >= 0.6 is 23.1 Å². The van der Waals surface area contributed by atoms with Gasteiger partial charge < -0.3 is 11.5 Å². The fraction of sp³-hybridized carbons (Fsp3) is 0.500. The van der Waals surface area contributed by atoms with Crippen molar-refractivity contribution in [3.63, 3.8) is 0 Å². The number of amides is 1. The van der Waals surface area contributed by atoms with Crippen molar-refractivity contribution in [2.45, 2.75) is 22.9 Å². The monoisotopic (exact) mass is 218 g/mol. The number of nitrogens with two attached hydrogens (primary N) is 2. The molecule has 0 saturated heterocycles. The van der Waals surface area contributed by atoms with Gasteiger partial charge in [0.1, 0.15) is 0 Å². The smallest absolute Gasteiger partial charge is 0.230 e. The van der Waals surface area contributed by atoms with E-state index in [0.717, 1.165) is 0 Å². The number of nitrogen functional groups attached to an aromatic ring is 1. The maximum Gasteiger partial charge on any atom is 0.230 e. The number of thioether (sulfide) groups is 1. The highest BCUT2D eigenvalue weighted by Gasteiger charge is 2.16. The third-order valence-electron chi connectivity index (χ3n) is 1.35. The van der Waals surface area contributed by atoms with E-state index in [1.54, 1.807) is 0 Å². The van der Waals surface area contributed by atoms with E-state index in [-0.39, 0.29) is 11.2 Å². The molecule has 1 amide bonds. The molecule has 4 N–H and O–H groups in total. The van der Waals surface area contributed by atoms with Crippen LogP contribution in [0.2, 0.25) is 0 Å². The standard InChI is InChI=1S/C6H10N4OS2/c1-2-3(4(7)11)12-6-10-9-5(8)13-6/h3H,2H2,1H3,(H2,7,11)(H2,8,9). The zero-order valence-electron chi connectivity index (χ0n) is 7.06. The van der Waals surface area contributed by atoms with E-state index < -0.39 is 0 Å². The van der Waals surface area contributed by atoms with Gasteiger partial charge in [-0.25, -0.2) is 0 Å². The maximum absolute atomic E-state index is 10.9. The van der Waals surface area contributed by atoms with Crippen LogP contribution < -0.4 is 11.5 Å². The van der Waals surface area contributed by atoms with Crippen molar-refractivity contribution in [1.29, 1.82) is 0 Å². The summed E-state index contributed by atoms with van der Waals surface area (Å²) >= 11 is 2.57. The minimum absolute atomic E-state index is 0.243. The van der Waals surface area contributed by atoms with E-state index in [9.17, 15) is 4.79 Å². The number of anilines is 1. The van der Waals surface area contributed by atoms with Gasteiger partial charge in [0.25, 0.3) is 0 Å². The molecule has 5 nitrogen and oxygen atoms in total. The highest BCUT2D eigenvalue weighted by molar-refractivity contribution is 8.02. The summed E-state index contributed by atoms with van der Waals surface area (Å²) < 4.78 is 0.683. The van der Waals surface area contributed by atoms with Crippen LogP contribution in [0.5, 0.6) is 0 Å². The van der Waals surface area contributed by atoms with E-state index >= 15 is 0 Å². The fourth-order valence-corrected chi connectivity index (χ4v) is 2.49. The van der Waals surface area contributed by atoms with Gasteiger partial charge in [-0.05, 0) is 6.42 Å². The molecule has 0 aliphatic rings. The number of hydrogen-bond acceptors (Lipinski definition) is 6. The Morgan fingerprint density at radius 1 is 1.69 bits per heavy atom. The lowest BCUT2D eigenvalue weighted by molar-refractivity contribution is -0.117. The first-order valence-corrected chi connectivity index (χ1v) is 5.38. The Balaban J connectivity index is 2.61. The Hall–Kier alpha value is -0.820. The van der Waals surface area contributed by atoms with Gasteiger partial charge in [0, 0.05) is 0 Å². The van der Waals surface area contributed by atoms with E-state index in [0.29, 0.717) is 15.9 Å². The van der Waals surface area contributed by atoms with Crippen LogP contribution in [0.1, 0.15) is 13.3 Å². The van der Waals surface area contributed by atoms with Crippen molar-refractivity contribution in [1.82, 2.24) is 10.2 Å². The second-order valence-electron chi connectivity index (χ2n) is 2.32. The van der Waals surface area contributed by atoms with Crippen molar-refractivity contribution in [3.8, 4) is 0 Å². The molecule has 1 aromatic heterocycles. The summed E-state index contributed by atoms with van der Waals surface area (Å²) in [5.41, 5.74) is 10.6. The molecule has 13 heavy (non-hydrogen) atoms. The largest absolute Gasteiger partial charge is 0.374 e. The SMILES string of the molecule is CCC(Sc1nnc(N)s1)C(N)=O. The molecule has 1 aromatic rings. The second-order valence-corrected chi connectivity index (χ2v) is 4.78. The zero-order chi connectivity index (χ0) is 9.84. The first kappa shape index (κ1) is 10.3. The molecule has 0 radical (unpaired) electrons. The minimum Gasteiger partial charge on any atom is -0.374 e. The molecule has 1 heterocycles. The van der Waals surface area contributed by atoms with Crippen LogP contribution in [0.25, 0.3) is 0 Å². The number of carbonyl (C=O) groups excluding carboxylic acids is 1. The number of primary amides is 1. The lowest BCUT2D eigenvalue weighted by Gasteiger charge is -2.05. The average molecular weight is 218 g/mol. The van der Waals surface area contributed by atoms with E-state index in [1.807, 2.05) is 6.92 Å². The summed E-state index contributed by atoms with van der Waals surface area (Å²) in [5, 5.41) is 7.58. The van der Waals surface area contributed by atoms with Crippen molar-refractivity contribution in [2.75, 3.05) is 5.73 Å². The Kier molecular flexibility index (Phi) is 3.49. The van der Waals surface area contributed by atoms with Crippen molar-refractivity contribution < 1.29 is 4.79 Å². The van der Waals surface area contributed by atoms with Crippen LogP contribution in [0.4, 0.5) is 5.13 Å². The Labute approximate surface area is 83.9 Å². The second kappa shape index (κ2) is 4.43. The lowest BCUT2D eigenvalue weighted by atomic mass is 10.3. The number of hydrogen-bond donors (Lipinski definition) is 2. The van der Waals surface area contributed by atoms with Crippen LogP contribution in [0, 0.1) is 0 Å². The summed E-state index contributed by atoms with van der Waals surface area (Å²) in [4.78, 5) is 10.9. The van der Waals surface area contributed by atoms with Gasteiger partial charge in [0.15, 0.2) is 4.34 Å². The van der Waals surface area contributed by atoms with E-state index in [4.69, 9.17) is 11.5 Å². The third kappa shape index (κ3) is 2.85. The Morgan fingerprint density at radius 2 is 2.38 bits per heavy atom. The third-order valence-corrected chi connectivity index (χ3v) is 3.57. The van der Waals surface area contributed by atoms with Crippen LogP contribution in [-0.2, 0) is 4.79 Å². The average Bonchev–Trinajstić information content (AvgIpc) is 2.46. The van der Waals surface area contributed by atoms with Gasteiger partial charge in [-0.1, -0.05) is 30.0 Å². The van der Waals surface area contributed by atoms with Crippen LogP contribution in [-0.4, -0.2) is 21.4 Å². The molecule has 0 aliphatic carbocycles. The van der Waals surface area contributed by atoms with Gasteiger partial charge in [-0.3, -0.25) is 4.79 Å². The number of carbonyl (C=O) groups is 1. The zero-order valence-corrected chi connectivity index (χ0v) is 8.69. The topological polar surface area (TPSA) is 94.9 Å². The Morgan fingerprint density at radius 3 is 2.77 bits per heavy atom. The predicted octanol–water partition coefficient (Wildman–Crippen LogP) is 0.476. The summed E-state index contributed by atoms with van der Waals surface area (Å²) in [6.45, 7) is 1.90. The van der Waals surface area contributed by atoms with Crippen molar-refractivity contribution in [2.24, 2.45) is 5.73 Å². The van der Waals surface area contributed by atoms with E-state index in [1.165, 1.54) is 23.1 Å². The molecule has 1 atom stereocenters. The van der Waals surface area contributed by atoms with Gasteiger partial charge in [0.05, 0.1) is 5.25 Å². The first-order valence-electron chi connectivity index (χ1n) is 3.68. The quantitative estimate of drug-likeness (QED) is 0.716. The normalized spacial score (nSPS) is 12.7. The molecule has 7 heteroatoms. The highest BCUT2D eigenvalue weighted by Crippen LogP contribution is 2.28. The molecule has 0 aliphatic heterocycles. The van der Waals surface area contributed by atoms with Gasteiger partial charge in [-0.15, -0.1) is 10.2 Å². The van der Waals surface area contributed by atoms with Gasteiger partial charge in [0.2, 0.25) is 11.0 Å². The first-order chi connectivity index (χ1) is 6.13. The molecule has 0 aromatic carbocycles. The molecular weight excluding hydrogens is 208 g/mol. The number of rotatable bonds is 4. The number of nitrogens with zero attached hydrogens (tertiary/aromatic N) is 2. The molecule has 0 bridgehead atoms. The summed E-state index contributed by atoms with van der Waals surface area (Å²) in [6, 6.07) is 0. The summed E-state index contributed by atoms with van der Waals surface area (Å²) in [5.74, 6) is -0.332. The maximum atomic E-state index is 10.9. The molecule has 0 saturated carbocycles. The van der Waals surface area contributed by atoms with Gasteiger partial charge in [-0.2, -0.15) is 0 Å². The number of aromatic nitrogens is 2. The van der Waals surface area contributed by atoms with Crippen molar-refractivity contribution >= 4 is 34.1 Å². The van der Waals surface area contributed by atoms with Crippen LogP contribution in [0.15, 0.2) is 4.34 Å². The molecule has 1 rings (SSSR count). The Bertz CT molecular complexity index is 301. The summed E-state index contributed by atoms with van der Waals surface area (Å²) in [6.07, 6.45) is 0.680. The van der Waals surface area contributed by atoms with Crippen molar-refractivity contribution in [3.05, 3.63) is 0 Å². The fourth-order valence-electron chi connectivity index (χ4n) is 0.732.